The Kier molecular flexibility index (Phi) is 9.04. The SMILES string of the molecule is C=C1/C(=C\C=C2/CCCC3(C)C2CCC3[C@H](C)CC#CC2(O)CCCC2)CCC(OCCC(=O)O)C1O. The van der Waals surface area contributed by atoms with Crippen molar-refractivity contribution in [1.29, 1.82) is 0 Å². The zero-order chi connectivity index (χ0) is 26.6. The van der Waals surface area contributed by atoms with Crippen LogP contribution in [0.2, 0.25) is 0 Å². The molecule has 204 valence electrons. The van der Waals surface area contributed by atoms with Gasteiger partial charge in [0.1, 0.15) is 11.7 Å². The van der Waals surface area contributed by atoms with Crippen LogP contribution >= 0.6 is 0 Å². The molecule has 0 heterocycles. The van der Waals surface area contributed by atoms with Gasteiger partial charge in [-0.25, -0.2) is 0 Å². The van der Waals surface area contributed by atoms with Crippen LogP contribution in [0.5, 0.6) is 0 Å². The third-order valence-electron chi connectivity index (χ3n) is 9.87. The number of aliphatic carboxylic acids is 1. The highest BCUT2D eigenvalue weighted by Gasteiger charge is 2.50. The largest absolute Gasteiger partial charge is 0.481 e. The van der Waals surface area contributed by atoms with E-state index in [9.17, 15) is 15.0 Å². The molecule has 0 saturated heterocycles. The second-order valence-electron chi connectivity index (χ2n) is 12.3. The van der Waals surface area contributed by atoms with Crippen LogP contribution in [0.3, 0.4) is 0 Å². The van der Waals surface area contributed by atoms with E-state index in [0.717, 1.165) is 50.5 Å². The molecule has 0 radical (unpaired) electrons. The normalized spacial score (nSPS) is 36.3. The van der Waals surface area contributed by atoms with Gasteiger partial charge in [-0.05, 0) is 105 Å². The van der Waals surface area contributed by atoms with E-state index in [-0.39, 0.29) is 19.1 Å². The van der Waals surface area contributed by atoms with Gasteiger partial charge in [-0.2, -0.15) is 0 Å². The Morgan fingerprint density at radius 2 is 1.92 bits per heavy atom. The Morgan fingerprint density at radius 3 is 2.65 bits per heavy atom. The quantitative estimate of drug-likeness (QED) is 0.368. The van der Waals surface area contributed by atoms with Crippen molar-refractivity contribution in [2.75, 3.05) is 6.61 Å². The molecular weight excluding hydrogens is 464 g/mol. The zero-order valence-corrected chi connectivity index (χ0v) is 22.8. The maximum absolute atomic E-state index is 10.8. The van der Waals surface area contributed by atoms with E-state index in [1.54, 1.807) is 0 Å². The third kappa shape index (κ3) is 6.41. The van der Waals surface area contributed by atoms with Crippen LogP contribution in [-0.4, -0.2) is 45.7 Å². The van der Waals surface area contributed by atoms with Gasteiger partial charge >= 0.3 is 5.97 Å². The molecule has 4 aliphatic carbocycles. The van der Waals surface area contributed by atoms with Crippen molar-refractivity contribution in [1.82, 2.24) is 0 Å². The molecule has 5 unspecified atom stereocenters. The van der Waals surface area contributed by atoms with E-state index in [1.807, 2.05) is 0 Å². The van der Waals surface area contributed by atoms with Gasteiger partial charge < -0.3 is 20.1 Å². The summed E-state index contributed by atoms with van der Waals surface area (Å²) in [4.78, 5) is 10.8. The van der Waals surface area contributed by atoms with E-state index in [1.165, 1.54) is 31.3 Å². The molecule has 5 heteroatoms. The summed E-state index contributed by atoms with van der Waals surface area (Å²) in [6, 6.07) is 0. The Balaban J connectivity index is 1.38. The second kappa shape index (κ2) is 11.9. The summed E-state index contributed by atoms with van der Waals surface area (Å²) in [5.74, 6) is 7.45. The molecular formula is C32H46O5. The monoisotopic (exact) mass is 510 g/mol. The zero-order valence-electron chi connectivity index (χ0n) is 22.8. The Hall–Kier alpha value is -1.87. The lowest BCUT2D eigenvalue weighted by Gasteiger charge is -2.44. The van der Waals surface area contributed by atoms with Crippen LogP contribution in [0.4, 0.5) is 0 Å². The van der Waals surface area contributed by atoms with Crippen LogP contribution in [0.25, 0.3) is 0 Å². The Bertz CT molecular complexity index is 975. The fourth-order valence-electron chi connectivity index (χ4n) is 7.72. The number of aliphatic hydroxyl groups is 2. The molecule has 4 fully saturated rings. The van der Waals surface area contributed by atoms with E-state index in [2.05, 4.69) is 44.4 Å². The van der Waals surface area contributed by atoms with Crippen molar-refractivity contribution in [3.05, 3.63) is 35.5 Å². The number of carbonyl (C=O) groups is 1. The second-order valence-corrected chi connectivity index (χ2v) is 12.3. The molecule has 4 saturated carbocycles. The van der Waals surface area contributed by atoms with E-state index < -0.39 is 17.7 Å². The standard InChI is InChI=1S/C32H46O5/c1-22(8-6-20-32(36)18-4-5-19-32)26-13-14-27-25(9-7-17-31(26,27)3)11-10-24-12-15-28(30(35)23(24)2)37-21-16-29(33)34/h10-11,22,26-28,30,35-36H,2,4-5,7-9,12-19,21H2,1,3H3,(H,33,34)/b24-10-,25-11+/t22-,26?,27?,28?,30?,31?/m1/s1. The smallest absolute Gasteiger partial charge is 0.305 e. The highest BCUT2D eigenvalue weighted by Crippen LogP contribution is 2.59. The molecule has 0 spiro atoms. The highest BCUT2D eigenvalue weighted by atomic mass is 16.5. The molecule has 4 aliphatic rings. The van der Waals surface area contributed by atoms with Crippen molar-refractivity contribution in [3.63, 3.8) is 0 Å². The Labute approximate surface area is 223 Å². The van der Waals surface area contributed by atoms with Crippen LogP contribution in [0, 0.1) is 35.0 Å². The lowest BCUT2D eigenvalue weighted by Crippen LogP contribution is -2.36. The number of hydrogen-bond acceptors (Lipinski definition) is 4. The van der Waals surface area contributed by atoms with Gasteiger partial charge in [0, 0.05) is 6.42 Å². The number of rotatable bonds is 7. The summed E-state index contributed by atoms with van der Waals surface area (Å²) in [5, 5.41) is 30.1. The molecule has 4 rings (SSSR count). The predicted molar refractivity (Wildman–Crippen MR) is 146 cm³/mol. The minimum atomic E-state index is -0.894. The summed E-state index contributed by atoms with van der Waals surface area (Å²) < 4.78 is 5.63. The molecule has 0 aromatic carbocycles. The summed E-state index contributed by atoms with van der Waals surface area (Å²) in [6.45, 7) is 9.09. The van der Waals surface area contributed by atoms with E-state index >= 15 is 0 Å². The van der Waals surface area contributed by atoms with Crippen LogP contribution in [-0.2, 0) is 9.53 Å². The molecule has 0 bridgehead atoms. The molecule has 0 aromatic rings. The minimum absolute atomic E-state index is 0.0565. The van der Waals surface area contributed by atoms with E-state index in [4.69, 9.17) is 9.84 Å². The molecule has 0 aliphatic heterocycles. The number of allylic oxidation sites excluding steroid dienone is 3. The number of carboxylic acid groups (broad SMARTS) is 1. The van der Waals surface area contributed by atoms with Crippen LogP contribution < -0.4 is 0 Å². The lowest BCUT2D eigenvalue weighted by atomic mass is 9.61. The molecule has 0 amide bonds. The first-order valence-electron chi connectivity index (χ1n) is 14.5. The summed E-state index contributed by atoms with van der Waals surface area (Å²) in [5.41, 5.74) is 2.86. The Morgan fingerprint density at radius 1 is 1.16 bits per heavy atom. The number of hydrogen-bond donors (Lipinski definition) is 3. The lowest BCUT2D eigenvalue weighted by molar-refractivity contribution is -0.139. The van der Waals surface area contributed by atoms with Gasteiger partial charge in [0.15, 0.2) is 0 Å². The predicted octanol–water partition coefficient (Wildman–Crippen LogP) is 5.96. The maximum Gasteiger partial charge on any atom is 0.305 e. The minimum Gasteiger partial charge on any atom is -0.481 e. The van der Waals surface area contributed by atoms with Gasteiger partial charge in [-0.15, -0.1) is 0 Å². The first-order valence-corrected chi connectivity index (χ1v) is 14.5. The fourth-order valence-corrected chi connectivity index (χ4v) is 7.72. The number of aliphatic hydroxyl groups excluding tert-OH is 1. The molecule has 5 nitrogen and oxygen atoms in total. The summed E-state index contributed by atoms with van der Waals surface area (Å²) in [7, 11) is 0. The summed E-state index contributed by atoms with van der Waals surface area (Å²) >= 11 is 0. The molecule has 6 atom stereocenters. The molecule has 3 N–H and O–H groups in total. The van der Waals surface area contributed by atoms with Gasteiger partial charge in [-0.1, -0.05) is 50.0 Å². The van der Waals surface area contributed by atoms with Gasteiger partial charge in [0.25, 0.3) is 0 Å². The van der Waals surface area contributed by atoms with Gasteiger partial charge in [0.2, 0.25) is 0 Å². The van der Waals surface area contributed by atoms with E-state index in [0.29, 0.717) is 35.2 Å². The van der Waals surface area contributed by atoms with Crippen LogP contribution in [0.1, 0.15) is 97.3 Å². The van der Waals surface area contributed by atoms with Gasteiger partial charge in [-0.3, -0.25) is 4.79 Å². The topological polar surface area (TPSA) is 87.0 Å². The first-order chi connectivity index (χ1) is 17.6. The fraction of sp³-hybridized carbons (Fsp3) is 0.719. The molecule has 0 aromatic heterocycles. The highest BCUT2D eigenvalue weighted by molar-refractivity contribution is 5.66. The summed E-state index contributed by atoms with van der Waals surface area (Å²) in [6.07, 6.45) is 15.5. The first kappa shape index (κ1) is 28.1. The van der Waals surface area contributed by atoms with Crippen molar-refractivity contribution < 1.29 is 24.9 Å². The van der Waals surface area contributed by atoms with Crippen molar-refractivity contribution in [2.45, 2.75) is 115 Å². The van der Waals surface area contributed by atoms with Crippen LogP contribution in [0.15, 0.2) is 35.5 Å². The average molecular weight is 511 g/mol. The average Bonchev–Trinajstić information content (AvgIpc) is 3.44. The maximum atomic E-state index is 10.8. The van der Waals surface area contributed by atoms with Crippen molar-refractivity contribution in [3.8, 4) is 11.8 Å². The molecule has 37 heavy (non-hydrogen) atoms. The van der Waals surface area contributed by atoms with Crippen molar-refractivity contribution in [2.24, 2.45) is 23.2 Å². The number of fused-ring (bicyclic) bond motifs is 1. The van der Waals surface area contributed by atoms with Gasteiger partial charge in [0.05, 0.1) is 19.1 Å². The number of ether oxygens (including phenoxy) is 1. The van der Waals surface area contributed by atoms with Crippen molar-refractivity contribution >= 4 is 5.97 Å². The third-order valence-corrected chi connectivity index (χ3v) is 9.87. The number of carboxylic acids is 1.